The minimum atomic E-state index is -0.521. The Hall–Kier alpha value is -1.67. The van der Waals surface area contributed by atoms with Crippen LogP contribution in [-0.4, -0.2) is 49.6 Å². The summed E-state index contributed by atoms with van der Waals surface area (Å²) in [5.74, 6) is -1.33. The SMILES string of the molecule is CNC(=O)CNC(=O)CNC(=O)CNO. The van der Waals surface area contributed by atoms with Gasteiger partial charge in [-0.3, -0.25) is 14.4 Å². The van der Waals surface area contributed by atoms with E-state index in [1.54, 1.807) is 5.48 Å². The van der Waals surface area contributed by atoms with E-state index in [1.165, 1.54) is 7.05 Å². The highest BCUT2D eigenvalue weighted by Gasteiger charge is 2.05. The number of hydrogen-bond donors (Lipinski definition) is 5. The number of nitrogens with one attached hydrogen (secondary N) is 4. The molecule has 8 nitrogen and oxygen atoms in total. The van der Waals surface area contributed by atoms with Gasteiger partial charge in [0, 0.05) is 7.05 Å². The molecule has 0 aliphatic rings. The summed E-state index contributed by atoms with van der Waals surface area (Å²) in [4.78, 5) is 32.4. The Morgan fingerprint density at radius 1 is 0.933 bits per heavy atom. The van der Waals surface area contributed by atoms with Crippen LogP contribution in [0, 0.1) is 0 Å². The lowest BCUT2D eigenvalue weighted by Gasteiger charge is -2.05. The van der Waals surface area contributed by atoms with Gasteiger partial charge in [-0.05, 0) is 0 Å². The van der Waals surface area contributed by atoms with Crippen molar-refractivity contribution in [3.63, 3.8) is 0 Å². The zero-order valence-corrected chi connectivity index (χ0v) is 8.29. The standard InChI is InChI=1S/C7H14N4O4/c1-8-5(12)2-9-6(13)3-10-7(14)4-11-15/h11,15H,2-4H2,1H3,(H,8,12)(H,9,13)(H,10,14). The number of amides is 3. The molecule has 0 aliphatic heterocycles. The largest absolute Gasteiger partial charge is 0.358 e. The second-order valence-corrected chi connectivity index (χ2v) is 2.56. The maximum Gasteiger partial charge on any atom is 0.239 e. The van der Waals surface area contributed by atoms with E-state index in [1.807, 2.05) is 0 Å². The Bertz CT molecular complexity index is 243. The molecule has 0 heterocycles. The Morgan fingerprint density at radius 2 is 1.40 bits per heavy atom. The van der Waals surface area contributed by atoms with Crippen molar-refractivity contribution in [1.82, 2.24) is 21.4 Å². The topological polar surface area (TPSA) is 120 Å². The third-order valence-electron chi connectivity index (χ3n) is 1.41. The van der Waals surface area contributed by atoms with E-state index < -0.39 is 11.8 Å². The van der Waals surface area contributed by atoms with E-state index >= 15 is 0 Å². The van der Waals surface area contributed by atoms with Crippen molar-refractivity contribution in [2.75, 3.05) is 26.7 Å². The number of likely N-dealkylation sites (N-methyl/N-ethyl adjacent to an activating group) is 1. The fourth-order valence-corrected chi connectivity index (χ4v) is 0.643. The van der Waals surface area contributed by atoms with Crippen molar-refractivity contribution in [1.29, 1.82) is 0 Å². The molecule has 8 heteroatoms. The molecule has 0 saturated carbocycles. The molecular weight excluding hydrogens is 204 g/mol. The normalized spacial score (nSPS) is 9.20. The average molecular weight is 218 g/mol. The van der Waals surface area contributed by atoms with Gasteiger partial charge in [-0.25, -0.2) is 0 Å². The summed E-state index contributed by atoms with van der Waals surface area (Å²) in [5, 5.41) is 15.0. The van der Waals surface area contributed by atoms with Crippen LogP contribution in [0.15, 0.2) is 0 Å². The summed E-state index contributed by atoms with van der Waals surface area (Å²) >= 11 is 0. The molecule has 0 bridgehead atoms. The van der Waals surface area contributed by atoms with Crippen LogP contribution in [-0.2, 0) is 14.4 Å². The van der Waals surface area contributed by atoms with Gasteiger partial charge in [0.2, 0.25) is 17.7 Å². The van der Waals surface area contributed by atoms with Gasteiger partial charge in [0.15, 0.2) is 0 Å². The molecule has 0 rings (SSSR count). The summed E-state index contributed by atoms with van der Waals surface area (Å²) in [6.45, 7) is -0.663. The molecule has 0 saturated heterocycles. The first-order chi connectivity index (χ1) is 7.10. The van der Waals surface area contributed by atoms with Crippen molar-refractivity contribution < 1.29 is 19.6 Å². The van der Waals surface area contributed by atoms with Gasteiger partial charge in [-0.2, -0.15) is 5.48 Å². The minimum Gasteiger partial charge on any atom is -0.358 e. The summed E-state index contributed by atoms with van der Waals surface area (Å²) < 4.78 is 0. The van der Waals surface area contributed by atoms with Crippen LogP contribution < -0.4 is 21.4 Å². The van der Waals surface area contributed by atoms with Crippen LogP contribution in [0.5, 0.6) is 0 Å². The maximum absolute atomic E-state index is 11.0. The van der Waals surface area contributed by atoms with Gasteiger partial charge in [-0.1, -0.05) is 0 Å². The van der Waals surface area contributed by atoms with Crippen molar-refractivity contribution >= 4 is 17.7 Å². The smallest absolute Gasteiger partial charge is 0.239 e. The van der Waals surface area contributed by atoms with Gasteiger partial charge in [0.1, 0.15) is 0 Å². The van der Waals surface area contributed by atoms with Gasteiger partial charge >= 0.3 is 0 Å². The van der Waals surface area contributed by atoms with Crippen LogP contribution in [0.1, 0.15) is 0 Å². The van der Waals surface area contributed by atoms with Crippen LogP contribution in [0.3, 0.4) is 0 Å². The molecule has 0 atom stereocenters. The molecular formula is C7H14N4O4. The molecule has 15 heavy (non-hydrogen) atoms. The Kier molecular flexibility index (Phi) is 6.85. The molecule has 0 radical (unpaired) electrons. The van der Waals surface area contributed by atoms with Crippen molar-refractivity contribution in [3.05, 3.63) is 0 Å². The number of rotatable bonds is 6. The van der Waals surface area contributed by atoms with Gasteiger partial charge < -0.3 is 21.2 Å². The third kappa shape index (κ3) is 7.40. The first-order valence-corrected chi connectivity index (χ1v) is 4.21. The highest BCUT2D eigenvalue weighted by atomic mass is 16.5. The highest BCUT2D eigenvalue weighted by Crippen LogP contribution is 1.67. The third-order valence-corrected chi connectivity index (χ3v) is 1.41. The molecule has 0 fully saturated rings. The quantitative estimate of drug-likeness (QED) is 0.303. The van der Waals surface area contributed by atoms with Crippen LogP contribution in [0.2, 0.25) is 0 Å². The molecule has 5 N–H and O–H groups in total. The van der Waals surface area contributed by atoms with E-state index in [-0.39, 0.29) is 25.5 Å². The molecule has 86 valence electrons. The van der Waals surface area contributed by atoms with Crippen molar-refractivity contribution in [3.8, 4) is 0 Å². The predicted molar refractivity (Wildman–Crippen MR) is 49.9 cm³/mol. The first-order valence-electron chi connectivity index (χ1n) is 4.21. The maximum atomic E-state index is 11.0. The number of hydroxylamine groups is 1. The van der Waals surface area contributed by atoms with Crippen molar-refractivity contribution in [2.24, 2.45) is 0 Å². The van der Waals surface area contributed by atoms with E-state index in [0.717, 1.165) is 0 Å². The lowest BCUT2D eigenvalue weighted by Crippen LogP contribution is -2.43. The molecule has 0 aliphatic carbocycles. The fraction of sp³-hybridized carbons (Fsp3) is 0.571. The second kappa shape index (κ2) is 7.71. The predicted octanol–water partition coefficient (Wildman–Crippen LogP) is -3.06. The van der Waals surface area contributed by atoms with E-state index in [0.29, 0.717) is 0 Å². The Morgan fingerprint density at radius 3 is 1.87 bits per heavy atom. The second-order valence-electron chi connectivity index (χ2n) is 2.56. The van der Waals surface area contributed by atoms with Crippen LogP contribution >= 0.6 is 0 Å². The van der Waals surface area contributed by atoms with Gasteiger partial charge in [0.25, 0.3) is 0 Å². The summed E-state index contributed by atoms with van der Waals surface area (Å²) in [7, 11) is 1.45. The molecule has 0 aromatic heterocycles. The minimum absolute atomic E-state index is 0.135. The van der Waals surface area contributed by atoms with E-state index in [4.69, 9.17) is 5.21 Å². The number of hydrogen-bond acceptors (Lipinski definition) is 5. The Balaban J connectivity index is 3.57. The first kappa shape index (κ1) is 13.3. The zero-order valence-electron chi connectivity index (χ0n) is 8.29. The zero-order chi connectivity index (χ0) is 11.7. The Labute approximate surface area is 86.4 Å². The van der Waals surface area contributed by atoms with Gasteiger partial charge in [0.05, 0.1) is 19.6 Å². The van der Waals surface area contributed by atoms with E-state index in [9.17, 15) is 14.4 Å². The summed E-state index contributed by atoms with van der Waals surface area (Å²) in [5.41, 5.74) is 1.64. The molecule has 0 spiro atoms. The number of carbonyl (C=O) groups excluding carboxylic acids is 3. The van der Waals surface area contributed by atoms with Gasteiger partial charge in [-0.15, -0.1) is 0 Å². The van der Waals surface area contributed by atoms with Crippen molar-refractivity contribution in [2.45, 2.75) is 0 Å². The molecule has 3 amide bonds. The highest BCUT2D eigenvalue weighted by molar-refractivity contribution is 5.88. The average Bonchev–Trinajstić information content (AvgIpc) is 2.23. The lowest BCUT2D eigenvalue weighted by molar-refractivity contribution is -0.127. The fourth-order valence-electron chi connectivity index (χ4n) is 0.643. The summed E-state index contributed by atoms with van der Waals surface area (Å²) in [6, 6.07) is 0. The van der Waals surface area contributed by atoms with Crippen LogP contribution in [0.4, 0.5) is 0 Å². The molecule has 0 unspecified atom stereocenters. The summed E-state index contributed by atoms with van der Waals surface area (Å²) in [6.07, 6.45) is 0. The lowest BCUT2D eigenvalue weighted by atomic mass is 10.5. The molecule has 0 aromatic rings. The van der Waals surface area contributed by atoms with Crippen LogP contribution in [0.25, 0.3) is 0 Å². The number of carbonyl (C=O) groups is 3. The monoisotopic (exact) mass is 218 g/mol. The molecule has 0 aromatic carbocycles. The van der Waals surface area contributed by atoms with E-state index in [2.05, 4.69) is 16.0 Å².